The third kappa shape index (κ3) is 7.54. The minimum atomic E-state index is -1.44. The first-order chi connectivity index (χ1) is 29.6. The summed E-state index contributed by atoms with van der Waals surface area (Å²) in [5.74, 6) is 1.54. The molecule has 62 heavy (non-hydrogen) atoms. The number of aromatic amines is 2. The maximum atomic E-state index is 12.5. The molecule has 10 aromatic rings. The molecule has 0 aliphatic rings. The molecule has 0 unspecified atom stereocenters. The largest absolute Gasteiger partial charge is 0.489 e. The van der Waals surface area contributed by atoms with Crippen molar-refractivity contribution in [3.8, 4) is 33.4 Å². The molecule has 6 aromatic heterocycles. The Bertz CT molecular complexity index is 3430. The number of H-pyrrole nitrogens is 2. The number of aryl methyl sites for hydroxylation is 8. The van der Waals surface area contributed by atoms with Gasteiger partial charge in [-0.25, -0.2) is 9.59 Å². The summed E-state index contributed by atoms with van der Waals surface area (Å²) in [5, 5.41) is 28.4. The summed E-state index contributed by atoms with van der Waals surface area (Å²) in [6, 6.07) is 23.6. The molecule has 0 saturated heterocycles. The number of rotatable bonds is 4. The van der Waals surface area contributed by atoms with Gasteiger partial charge < -0.3 is 29.1 Å². The molecule has 10 rings (SSSR count). The molecule has 6 heterocycles. The van der Waals surface area contributed by atoms with Gasteiger partial charge in [-0.1, -0.05) is 40.1 Å². The smallest absolute Gasteiger partial charge is 0.423 e. The Balaban J connectivity index is 0.000000138. The monoisotopic (exact) mass is 940 g/mol. The molecule has 0 atom stereocenters. The highest BCUT2D eigenvalue weighted by Crippen LogP contribution is 2.39. The van der Waals surface area contributed by atoms with E-state index in [4.69, 9.17) is 9.05 Å². The molecule has 16 heteroatoms. The van der Waals surface area contributed by atoms with E-state index in [0.717, 1.165) is 115 Å². The summed E-state index contributed by atoms with van der Waals surface area (Å²) in [6.45, 7) is 11.6. The SMILES string of the molecule is Cc1ccc2ncccc2c1-c1cc(-c2c(C)noc2C)cc2[nH]c(=O)n(C)c12.Cc1ccc2ncccc2c1B(O)O.Cc1noc(C)c1-c1cc(I)c2c(c1)[nH]c(=O)n2C. The van der Waals surface area contributed by atoms with E-state index in [1.54, 1.807) is 41.7 Å². The summed E-state index contributed by atoms with van der Waals surface area (Å²) >= 11 is 2.24. The van der Waals surface area contributed by atoms with Crippen LogP contribution >= 0.6 is 22.6 Å². The van der Waals surface area contributed by atoms with E-state index in [0.29, 0.717) is 5.46 Å². The van der Waals surface area contributed by atoms with Gasteiger partial charge in [0.15, 0.2) is 0 Å². The minimum absolute atomic E-state index is 0.108. The average molecular weight is 941 g/mol. The predicted octanol–water partition coefficient (Wildman–Crippen LogP) is 7.63. The highest BCUT2D eigenvalue weighted by molar-refractivity contribution is 14.1. The maximum absolute atomic E-state index is 12.5. The summed E-state index contributed by atoms with van der Waals surface area (Å²) in [5.41, 5.74) is 15.0. The van der Waals surface area contributed by atoms with E-state index < -0.39 is 7.12 Å². The molecule has 0 spiro atoms. The normalized spacial score (nSPS) is 11.3. The molecule has 4 aromatic carbocycles. The third-order valence-corrected chi connectivity index (χ3v) is 12.0. The Morgan fingerprint density at radius 3 is 1.68 bits per heavy atom. The van der Waals surface area contributed by atoms with E-state index in [2.05, 4.69) is 78.0 Å². The lowest BCUT2D eigenvalue weighted by atomic mass is 9.75. The average Bonchev–Trinajstić information content (AvgIpc) is 3.95. The van der Waals surface area contributed by atoms with Crippen LogP contribution in [0.1, 0.15) is 34.0 Å². The van der Waals surface area contributed by atoms with Crippen LogP contribution in [0, 0.1) is 45.1 Å². The van der Waals surface area contributed by atoms with Crippen LogP contribution in [0.4, 0.5) is 0 Å². The van der Waals surface area contributed by atoms with Crippen molar-refractivity contribution in [2.24, 2.45) is 14.1 Å². The molecular weight excluding hydrogens is 898 g/mol. The van der Waals surface area contributed by atoms with Crippen molar-refractivity contribution in [1.82, 2.24) is 39.4 Å². The quantitative estimate of drug-likeness (QED) is 0.101. The predicted molar refractivity (Wildman–Crippen MR) is 252 cm³/mol. The molecule has 0 fully saturated rings. The molecule has 0 aliphatic carbocycles. The van der Waals surface area contributed by atoms with Gasteiger partial charge in [0.2, 0.25) is 0 Å². The standard InChI is InChI=1S/C23H20N4O2.C13H12IN3O2.C10H10BNO2/c1-12-7-8-18-16(6-5-9-24-18)20(12)17-10-15(21-13(2)26-29-14(21)3)11-19-22(17)27(4)23(28)25-19;1-6-11(7(2)19-16-6)8-4-9(14)12-10(5-8)15-13(18)17(12)3;1-7-4-5-9-8(3-2-6-12-9)10(7)11(13)14/h5-11H,1-4H3,(H,25,28);4-5H,1-3H3,(H,15,18);2-6,13-14H,1H3. The first-order valence-corrected chi connectivity index (χ1v) is 20.7. The molecule has 0 amide bonds. The zero-order chi connectivity index (χ0) is 44.1. The molecular formula is C46H42BIN8O6. The van der Waals surface area contributed by atoms with E-state index >= 15 is 0 Å². The van der Waals surface area contributed by atoms with Gasteiger partial charge in [-0.3, -0.25) is 19.1 Å². The molecule has 0 bridgehead atoms. The third-order valence-electron chi connectivity index (χ3n) is 11.1. The summed E-state index contributed by atoms with van der Waals surface area (Å²) < 4.78 is 14.9. The first-order valence-electron chi connectivity index (χ1n) is 19.7. The lowest BCUT2D eigenvalue weighted by Gasteiger charge is -2.14. The Morgan fingerprint density at radius 2 is 1.13 bits per heavy atom. The minimum Gasteiger partial charge on any atom is -0.423 e. The van der Waals surface area contributed by atoms with Crippen LogP contribution in [0.2, 0.25) is 0 Å². The highest BCUT2D eigenvalue weighted by atomic mass is 127. The molecule has 0 saturated carbocycles. The van der Waals surface area contributed by atoms with Gasteiger partial charge in [-0.15, -0.1) is 0 Å². The second-order valence-corrected chi connectivity index (χ2v) is 16.4. The summed E-state index contributed by atoms with van der Waals surface area (Å²) in [4.78, 5) is 38.7. The maximum Gasteiger partial charge on any atom is 0.489 e. The van der Waals surface area contributed by atoms with Gasteiger partial charge in [-0.2, -0.15) is 0 Å². The number of hydrogen-bond donors (Lipinski definition) is 4. The Kier molecular flexibility index (Phi) is 11.3. The first kappa shape index (κ1) is 42.1. The lowest BCUT2D eigenvalue weighted by Crippen LogP contribution is -2.32. The molecule has 0 aliphatic heterocycles. The van der Waals surface area contributed by atoms with Crippen molar-refractivity contribution in [2.75, 3.05) is 0 Å². The Morgan fingerprint density at radius 1 is 0.629 bits per heavy atom. The van der Waals surface area contributed by atoms with Crippen molar-refractivity contribution in [2.45, 2.75) is 41.5 Å². The summed E-state index contributed by atoms with van der Waals surface area (Å²) in [7, 11) is 2.11. The number of pyridine rings is 2. The number of hydrogen-bond acceptors (Lipinski definition) is 10. The second kappa shape index (κ2) is 16.7. The fraction of sp³-hybridized carbons (Fsp3) is 0.174. The molecule has 4 N–H and O–H groups in total. The van der Waals surface area contributed by atoms with Crippen LogP contribution in [0.25, 0.3) is 77.3 Å². The van der Waals surface area contributed by atoms with Gasteiger partial charge in [0, 0.05) is 57.5 Å². The van der Waals surface area contributed by atoms with E-state index in [-0.39, 0.29) is 11.4 Å². The lowest BCUT2D eigenvalue weighted by molar-refractivity contribution is 0.393. The topological polar surface area (TPSA) is 194 Å². The highest BCUT2D eigenvalue weighted by Gasteiger charge is 2.21. The number of imidazole rings is 2. The summed E-state index contributed by atoms with van der Waals surface area (Å²) in [6.07, 6.45) is 3.48. The number of aromatic nitrogens is 8. The fourth-order valence-electron chi connectivity index (χ4n) is 8.24. The number of fused-ring (bicyclic) bond motifs is 4. The van der Waals surface area contributed by atoms with E-state index in [1.165, 1.54) is 0 Å². The van der Waals surface area contributed by atoms with Crippen molar-refractivity contribution in [3.63, 3.8) is 0 Å². The fourth-order valence-corrected chi connectivity index (χ4v) is 9.23. The van der Waals surface area contributed by atoms with Crippen LogP contribution in [0.3, 0.4) is 0 Å². The zero-order valence-corrected chi connectivity index (χ0v) is 37.4. The van der Waals surface area contributed by atoms with Crippen molar-refractivity contribution >= 4 is 79.0 Å². The zero-order valence-electron chi connectivity index (χ0n) is 35.2. The van der Waals surface area contributed by atoms with Crippen molar-refractivity contribution in [1.29, 1.82) is 0 Å². The van der Waals surface area contributed by atoms with Gasteiger partial charge in [0.25, 0.3) is 0 Å². The van der Waals surface area contributed by atoms with Crippen molar-refractivity contribution in [3.05, 3.63) is 144 Å². The van der Waals surface area contributed by atoms with Gasteiger partial charge >= 0.3 is 18.5 Å². The van der Waals surface area contributed by atoms with Crippen LogP contribution in [-0.4, -0.2) is 56.5 Å². The van der Waals surface area contributed by atoms with Gasteiger partial charge in [0.05, 0.1) is 44.5 Å². The van der Waals surface area contributed by atoms with Crippen LogP contribution < -0.4 is 16.8 Å². The van der Waals surface area contributed by atoms with Crippen LogP contribution in [-0.2, 0) is 14.1 Å². The van der Waals surface area contributed by atoms with Crippen molar-refractivity contribution < 1.29 is 19.1 Å². The number of benzene rings is 4. The van der Waals surface area contributed by atoms with Crippen LogP contribution in [0.5, 0.6) is 0 Å². The Labute approximate surface area is 368 Å². The number of nitrogens with zero attached hydrogens (tertiary/aromatic N) is 6. The molecule has 312 valence electrons. The van der Waals surface area contributed by atoms with Crippen LogP contribution in [0.15, 0.2) is 104 Å². The number of nitrogens with one attached hydrogen (secondary N) is 2. The Hall–Kier alpha value is -6.63. The van der Waals surface area contributed by atoms with E-state index in [1.807, 2.05) is 83.1 Å². The molecule has 14 nitrogen and oxygen atoms in total. The second-order valence-electron chi connectivity index (χ2n) is 15.2. The van der Waals surface area contributed by atoms with Gasteiger partial charge in [-0.05, 0) is 140 Å². The van der Waals surface area contributed by atoms with Gasteiger partial charge in [0.1, 0.15) is 11.5 Å². The van der Waals surface area contributed by atoms with E-state index in [9.17, 15) is 19.6 Å². The number of halogens is 1. The molecule has 0 radical (unpaired) electrons.